The van der Waals surface area contributed by atoms with Gasteiger partial charge in [-0.25, -0.2) is 13.4 Å². The van der Waals surface area contributed by atoms with Crippen LogP contribution in [0.4, 0.5) is 5.82 Å². The van der Waals surface area contributed by atoms with E-state index in [0.717, 1.165) is 36.8 Å². The van der Waals surface area contributed by atoms with E-state index in [1.54, 1.807) is 19.2 Å². The molecule has 1 aromatic carbocycles. The van der Waals surface area contributed by atoms with Crippen molar-refractivity contribution in [1.29, 1.82) is 0 Å². The number of hydrogen-bond donors (Lipinski definition) is 1. The Hall–Kier alpha value is -2.85. The molecule has 9 nitrogen and oxygen atoms in total. The number of fused-ring (bicyclic) bond motifs is 2. The molecule has 1 aliphatic carbocycles. The molecule has 0 fully saturated rings. The molecule has 0 radical (unpaired) electrons. The third-order valence-electron chi connectivity index (χ3n) is 5.13. The summed E-state index contributed by atoms with van der Waals surface area (Å²) in [5.74, 6) is 0.564. The Morgan fingerprint density at radius 2 is 1.93 bits per heavy atom. The fourth-order valence-electron chi connectivity index (χ4n) is 3.81. The molecule has 0 saturated heterocycles. The van der Waals surface area contributed by atoms with E-state index in [1.165, 1.54) is 14.2 Å². The Morgan fingerprint density at radius 3 is 2.67 bits per heavy atom. The third-order valence-corrected chi connectivity index (χ3v) is 6.49. The highest BCUT2D eigenvalue weighted by atomic mass is 32.2. The number of nitrogens with zero attached hydrogens (tertiary/aromatic N) is 2. The summed E-state index contributed by atoms with van der Waals surface area (Å²) in [5.41, 5.74) is 2.98. The number of nitrogens with one attached hydrogen (secondary N) is 1. The van der Waals surface area contributed by atoms with Crippen LogP contribution in [0.3, 0.4) is 0 Å². The molecule has 2 aromatic heterocycles. The molecular weight excluding hydrogens is 410 g/mol. The van der Waals surface area contributed by atoms with Crippen LogP contribution < -0.4 is 14.2 Å². The van der Waals surface area contributed by atoms with Crippen molar-refractivity contribution in [3.63, 3.8) is 0 Å². The molecule has 1 aliphatic rings. The highest BCUT2D eigenvalue weighted by Crippen LogP contribution is 2.37. The monoisotopic (exact) mass is 433 g/mol. The van der Waals surface area contributed by atoms with E-state index in [1.807, 2.05) is 6.07 Å². The molecule has 0 saturated carbocycles. The van der Waals surface area contributed by atoms with Crippen LogP contribution >= 0.6 is 0 Å². The second-order valence-corrected chi connectivity index (χ2v) is 8.66. The van der Waals surface area contributed by atoms with Gasteiger partial charge in [-0.3, -0.25) is 4.72 Å². The molecule has 0 unspecified atom stereocenters. The van der Waals surface area contributed by atoms with Crippen molar-refractivity contribution < 1.29 is 27.2 Å². The number of hydrogen-bond acceptors (Lipinski definition) is 8. The van der Waals surface area contributed by atoms with E-state index in [2.05, 4.69) is 14.9 Å². The van der Waals surface area contributed by atoms with Crippen molar-refractivity contribution in [3.05, 3.63) is 35.0 Å². The van der Waals surface area contributed by atoms with Crippen molar-refractivity contribution >= 4 is 26.8 Å². The Balaban J connectivity index is 1.77. The molecule has 30 heavy (non-hydrogen) atoms. The highest BCUT2D eigenvalue weighted by molar-refractivity contribution is 7.92. The largest absolute Gasteiger partial charge is 0.495 e. The van der Waals surface area contributed by atoms with E-state index in [-0.39, 0.29) is 23.2 Å². The minimum atomic E-state index is -4.00. The quantitative estimate of drug-likeness (QED) is 0.605. The lowest BCUT2D eigenvalue weighted by Gasteiger charge is -2.21. The van der Waals surface area contributed by atoms with Crippen molar-refractivity contribution in [2.75, 3.05) is 26.1 Å². The first-order valence-electron chi connectivity index (χ1n) is 9.52. The van der Waals surface area contributed by atoms with Gasteiger partial charge in [0.2, 0.25) is 5.88 Å². The molecule has 1 N–H and O–H groups in total. The van der Waals surface area contributed by atoms with Gasteiger partial charge in [0.05, 0.1) is 26.5 Å². The number of ether oxygens (including phenoxy) is 3. The van der Waals surface area contributed by atoms with E-state index < -0.39 is 10.0 Å². The second-order valence-electron chi connectivity index (χ2n) is 7.01. The van der Waals surface area contributed by atoms with Crippen molar-refractivity contribution in [2.24, 2.45) is 0 Å². The molecule has 4 rings (SSSR count). The van der Waals surface area contributed by atoms with Gasteiger partial charge in [0.25, 0.3) is 10.0 Å². The lowest BCUT2D eigenvalue weighted by molar-refractivity contribution is 0.181. The first-order valence-corrected chi connectivity index (χ1v) is 11.0. The molecule has 3 aromatic rings. The number of methoxy groups -OCH3 is 3. The molecule has 0 spiro atoms. The Morgan fingerprint density at radius 1 is 1.13 bits per heavy atom. The average molecular weight is 433 g/mol. The number of rotatable bonds is 7. The number of benzene rings is 1. The summed E-state index contributed by atoms with van der Waals surface area (Å²) < 4.78 is 50.2. The Labute approximate surface area is 174 Å². The molecule has 160 valence electrons. The maximum absolute atomic E-state index is 13.2. The van der Waals surface area contributed by atoms with Crippen LogP contribution in [0.5, 0.6) is 11.6 Å². The van der Waals surface area contributed by atoms with Crippen LogP contribution in [0.25, 0.3) is 11.0 Å². The van der Waals surface area contributed by atoms with Gasteiger partial charge < -0.3 is 18.7 Å². The van der Waals surface area contributed by atoms with E-state index in [9.17, 15) is 8.42 Å². The zero-order valence-corrected chi connectivity index (χ0v) is 17.8. The topological polar surface area (TPSA) is 113 Å². The number of anilines is 1. The van der Waals surface area contributed by atoms with Gasteiger partial charge in [0.15, 0.2) is 11.4 Å². The van der Waals surface area contributed by atoms with Crippen LogP contribution in [0, 0.1) is 0 Å². The van der Waals surface area contributed by atoms with Crippen LogP contribution in [0.1, 0.15) is 29.7 Å². The minimum absolute atomic E-state index is 0.00177. The minimum Gasteiger partial charge on any atom is -0.495 e. The molecular formula is C20H23N3O6S. The second kappa shape index (κ2) is 8.11. The number of aromatic nitrogens is 2. The first-order chi connectivity index (χ1) is 14.5. The maximum atomic E-state index is 13.2. The normalized spacial score (nSPS) is 13.8. The van der Waals surface area contributed by atoms with Crippen LogP contribution in [-0.4, -0.2) is 39.9 Å². The predicted molar refractivity (Wildman–Crippen MR) is 110 cm³/mol. The molecule has 0 aliphatic heterocycles. The fourth-order valence-corrected chi connectivity index (χ4v) is 5.01. The standard InChI is InChI=1S/C20H23N3O6S/c1-26-11-13-10-15-17(20(21-13)28-3)19(22-29-15)23-30(24,25)16-9-8-12-6-4-5-7-14(12)18(16)27-2/h8-10H,4-7,11H2,1-3H3,(H,22,23). The van der Waals surface area contributed by atoms with E-state index >= 15 is 0 Å². The van der Waals surface area contributed by atoms with Gasteiger partial charge in [-0.05, 0) is 42.9 Å². The number of aryl methyl sites for hydroxylation is 1. The summed E-state index contributed by atoms with van der Waals surface area (Å²) in [6.07, 6.45) is 3.79. The van der Waals surface area contributed by atoms with Gasteiger partial charge in [-0.15, -0.1) is 0 Å². The summed E-state index contributed by atoms with van der Waals surface area (Å²) in [5, 5.41) is 4.22. The third kappa shape index (κ3) is 3.56. The smallest absolute Gasteiger partial charge is 0.266 e. The number of pyridine rings is 1. The van der Waals surface area contributed by atoms with Gasteiger partial charge in [0.1, 0.15) is 16.0 Å². The van der Waals surface area contributed by atoms with E-state index in [4.69, 9.17) is 18.7 Å². The molecule has 10 heteroatoms. The SMILES string of the molecule is COCc1cc2onc(NS(=O)(=O)c3ccc4c(c3OC)CCCC4)c2c(OC)n1. The predicted octanol–water partition coefficient (Wildman–Crippen LogP) is 3.07. The molecule has 0 amide bonds. The van der Waals surface area contributed by atoms with E-state index in [0.29, 0.717) is 22.4 Å². The van der Waals surface area contributed by atoms with Crippen LogP contribution in [0.2, 0.25) is 0 Å². The average Bonchev–Trinajstić information content (AvgIpc) is 3.14. The zero-order valence-electron chi connectivity index (χ0n) is 17.0. The molecule has 2 heterocycles. The zero-order chi connectivity index (χ0) is 21.3. The highest BCUT2D eigenvalue weighted by Gasteiger charge is 2.28. The summed E-state index contributed by atoms with van der Waals surface area (Å²) >= 11 is 0. The Bertz CT molecular complexity index is 1190. The Kier molecular flexibility index (Phi) is 5.52. The van der Waals surface area contributed by atoms with Gasteiger partial charge in [0, 0.05) is 13.2 Å². The summed E-state index contributed by atoms with van der Waals surface area (Å²) in [4.78, 5) is 4.39. The lowest BCUT2D eigenvalue weighted by Crippen LogP contribution is -2.17. The van der Waals surface area contributed by atoms with Crippen molar-refractivity contribution in [1.82, 2.24) is 10.1 Å². The summed E-state index contributed by atoms with van der Waals surface area (Å²) in [6, 6.07) is 5.05. The van der Waals surface area contributed by atoms with Crippen molar-refractivity contribution in [2.45, 2.75) is 37.2 Å². The van der Waals surface area contributed by atoms with Gasteiger partial charge in [-0.2, -0.15) is 0 Å². The van der Waals surface area contributed by atoms with Gasteiger partial charge >= 0.3 is 0 Å². The van der Waals surface area contributed by atoms with Crippen LogP contribution in [-0.2, 0) is 34.2 Å². The summed E-state index contributed by atoms with van der Waals surface area (Å²) in [6.45, 7) is 0.250. The summed E-state index contributed by atoms with van der Waals surface area (Å²) in [7, 11) is 0.470. The fraction of sp³-hybridized carbons (Fsp3) is 0.400. The van der Waals surface area contributed by atoms with Crippen LogP contribution in [0.15, 0.2) is 27.6 Å². The van der Waals surface area contributed by atoms with Crippen molar-refractivity contribution in [3.8, 4) is 11.6 Å². The maximum Gasteiger partial charge on any atom is 0.266 e. The van der Waals surface area contributed by atoms with Gasteiger partial charge in [-0.1, -0.05) is 11.2 Å². The first kappa shape index (κ1) is 20.4. The number of sulfonamides is 1. The lowest BCUT2D eigenvalue weighted by atomic mass is 9.91. The molecule has 0 atom stereocenters. The molecule has 0 bridgehead atoms.